The van der Waals surface area contributed by atoms with Crippen molar-refractivity contribution >= 4 is 31.6 Å². The minimum Gasteiger partial charge on any atom is -0.457 e. The van der Waals surface area contributed by atoms with Crippen molar-refractivity contribution < 1.29 is 4.74 Å². The fourth-order valence-corrected chi connectivity index (χ4v) is 11.0. The van der Waals surface area contributed by atoms with E-state index in [-0.39, 0.29) is 0 Å². The zero-order valence-electron chi connectivity index (χ0n) is 33.6. The normalized spacial score (nSPS) is 13.0. The molecular formula is C56H33N5OS. The number of para-hydroxylation sites is 2. The first-order chi connectivity index (χ1) is 31.2. The van der Waals surface area contributed by atoms with E-state index in [9.17, 15) is 0 Å². The van der Waals surface area contributed by atoms with Crippen molar-refractivity contribution in [1.82, 2.24) is 24.9 Å². The molecule has 0 unspecified atom stereocenters. The average molecular weight is 824 g/mol. The summed E-state index contributed by atoms with van der Waals surface area (Å²) in [5.41, 5.74) is 12.3. The predicted molar refractivity (Wildman–Crippen MR) is 253 cm³/mol. The molecule has 0 saturated carbocycles. The number of fused-ring (bicyclic) bond motifs is 12. The van der Waals surface area contributed by atoms with Gasteiger partial charge in [0.1, 0.15) is 11.5 Å². The Morgan fingerprint density at radius 1 is 0.381 bits per heavy atom. The third-order valence-electron chi connectivity index (χ3n) is 12.4. The maximum atomic E-state index is 6.80. The molecule has 7 heteroatoms. The fourth-order valence-electron chi connectivity index (χ4n) is 9.81. The Labute approximate surface area is 366 Å². The lowest BCUT2D eigenvalue weighted by Crippen LogP contribution is -2.32. The van der Waals surface area contributed by atoms with Gasteiger partial charge in [-0.2, -0.15) is 0 Å². The summed E-state index contributed by atoms with van der Waals surface area (Å²) >= 11 is 1.75. The SMILES string of the molecule is c1ccc(-c2nc(-c3ccccc3)nc(-c3cccc4c3C3(c5ccccc5Oc5ccccc53)c3cccc(-c5nc(-c6ccccc6)nc6c5sc5ccccc56)c3-4)n2)cc1. The van der Waals surface area contributed by atoms with E-state index in [0.29, 0.717) is 23.3 Å². The van der Waals surface area contributed by atoms with Gasteiger partial charge in [-0.05, 0) is 40.5 Å². The first-order valence-corrected chi connectivity index (χ1v) is 21.8. The van der Waals surface area contributed by atoms with Gasteiger partial charge in [-0.15, -0.1) is 11.3 Å². The molecule has 11 aromatic rings. The highest BCUT2D eigenvalue weighted by molar-refractivity contribution is 7.26. The second-order valence-corrected chi connectivity index (χ2v) is 16.9. The molecule has 63 heavy (non-hydrogen) atoms. The summed E-state index contributed by atoms with van der Waals surface area (Å²) in [6, 6.07) is 69.4. The standard InChI is InChI=1S/C56H33N5OS/c1-4-18-34(19-5-1)52-57-49-37-24-10-15-33-46(37)63-51(49)50(58-52)39-26-17-30-43-47(39)38-25-16-27-40(48(38)56(43)41-28-11-13-31-44(41)62-45-32-14-12-29-42(45)56)55-60-53(35-20-6-2-7-21-35)59-54(61-55)36-22-8-3-9-23-36/h1-33H. The highest BCUT2D eigenvalue weighted by Crippen LogP contribution is 2.65. The molecule has 2 aliphatic rings. The largest absolute Gasteiger partial charge is 0.457 e. The van der Waals surface area contributed by atoms with Crippen LogP contribution in [0.15, 0.2) is 200 Å². The fraction of sp³-hybridized carbons (Fsp3) is 0.0179. The van der Waals surface area contributed by atoms with Crippen molar-refractivity contribution in [2.24, 2.45) is 0 Å². The zero-order valence-corrected chi connectivity index (χ0v) is 34.4. The summed E-state index contributed by atoms with van der Waals surface area (Å²) in [7, 11) is 0. The minimum absolute atomic E-state index is 0.593. The van der Waals surface area contributed by atoms with Crippen LogP contribution in [0.5, 0.6) is 11.5 Å². The molecule has 0 bridgehead atoms. The molecule has 294 valence electrons. The lowest BCUT2D eigenvalue weighted by atomic mass is 9.65. The van der Waals surface area contributed by atoms with Crippen LogP contribution in [0.4, 0.5) is 0 Å². The molecule has 6 nitrogen and oxygen atoms in total. The van der Waals surface area contributed by atoms with Crippen LogP contribution in [0.1, 0.15) is 22.3 Å². The highest BCUT2D eigenvalue weighted by Gasteiger charge is 2.53. The van der Waals surface area contributed by atoms with E-state index in [1.165, 1.54) is 4.70 Å². The number of benzene rings is 8. The van der Waals surface area contributed by atoms with Gasteiger partial charge in [-0.1, -0.05) is 182 Å². The van der Waals surface area contributed by atoms with Gasteiger partial charge in [0.05, 0.1) is 21.3 Å². The molecular weight excluding hydrogens is 791 g/mol. The number of ether oxygens (including phenoxy) is 1. The van der Waals surface area contributed by atoms with Crippen molar-refractivity contribution in [2.75, 3.05) is 0 Å². The molecule has 8 aromatic carbocycles. The quantitative estimate of drug-likeness (QED) is 0.172. The second-order valence-electron chi connectivity index (χ2n) is 15.9. The third-order valence-corrected chi connectivity index (χ3v) is 13.6. The second kappa shape index (κ2) is 14.0. The average Bonchev–Trinajstić information content (AvgIpc) is 3.89. The van der Waals surface area contributed by atoms with E-state index in [1.807, 2.05) is 66.7 Å². The van der Waals surface area contributed by atoms with Crippen LogP contribution in [-0.4, -0.2) is 24.9 Å². The molecule has 1 aliphatic carbocycles. The van der Waals surface area contributed by atoms with Gasteiger partial charge in [-0.25, -0.2) is 24.9 Å². The van der Waals surface area contributed by atoms with E-state index < -0.39 is 5.41 Å². The summed E-state index contributed by atoms with van der Waals surface area (Å²) < 4.78 is 9.03. The van der Waals surface area contributed by atoms with E-state index >= 15 is 0 Å². The van der Waals surface area contributed by atoms with E-state index in [0.717, 1.165) is 94.0 Å². The molecule has 0 N–H and O–H groups in total. The van der Waals surface area contributed by atoms with Crippen LogP contribution in [0.3, 0.4) is 0 Å². The molecule has 1 spiro atoms. The number of rotatable bonds is 5. The molecule has 0 saturated heterocycles. The first kappa shape index (κ1) is 35.6. The van der Waals surface area contributed by atoms with Gasteiger partial charge in [-0.3, -0.25) is 0 Å². The highest BCUT2D eigenvalue weighted by atomic mass is 32.1. The van der Waals surface area contributed by atoms with Crippen molar-refractivity contribution in [2.45, 2.75) is 5.41 Å². The maximum absolute atomic E-state index is 6.80. The zero-order chi connectivity index (χ0) is 41.5. The molecule has 1 aliphatic heterocycles. The molecule has 13 rings (SSSR count). The Bertz CT molecular complexity index is 3500. The van der Waals surface area contributed by atoms with Gasteiger partial charge < -0.3 is 4.74 Å². The lowest BCUT2D eigenvalue weighted by molar-refractivity contribution is 0.436. The smallest absolute Gasteiger partial charge is 0.164 e. The Balaban J connectivity index is 1.17. The van der Waals surface area contributed by atoms with Crippen LogP contribution in [-0.2, 0) is 5.41 Å². The van der Waals surface area contributed by atoms with Crippen LogP contribution in [0.25, 0.3) is 88.2 Å². The van der Waals surface area contributed by atoms with E-state index in [2.05, 4.69) is 133 Å². The third kappa shape index (κ3) is 5.33. The number of hydrogen-bond donors (Lipinski definition) is 0. The summed E-state index contributed by atoms with van der Waals surface area (Å²) in [4.78, 5) is 26.6. The Morgan fingerprint density at radius 3 is 1.52 bits per heavy atom. The van der Waals surface area contributed by atoms with Crippen molar-refractivity contribution in [3.63, 3.8) is 0 Å². The van der Waals surface area contributed by atoms with E-state index in [1.54, 1.807) is 11.3 Å². The molecule has 0 amide bonds. The van der Waals surface area contributed by atoms with Gasteiger partial charge in [0.25, 0.3) is 0 Å². The number of aromatic nitrogens is 5. The van der Waals surface area contributed by atoms with Crippen LogP contribution in [0.2, 0.25) is 0 Å². The first-order valence-electron chi connectivity index (χ1n) is 21.0. The summed E-state index contributed by atoms with van der Waals surface area (Å²) in [6.45, 7) is 0. The van der Waals surface area contributed by atoms with Crippen LogP contribution in [0, 0.1) is 0 Å². The lowest BCUT2D eigenvalue weighted by Gasteiger charge is -2.40. The van der Waals surface area contributed by atoms with Crippen molar-refractivity contribution in [3.05, 3.63) is 222 Å². The van der Waals surface area contributed by atoms with Crippen molar-refractivity contribution in [1.29, 1.82) is 0 Å². The summed E-state index contributed by atoms with van der Waals surface area (Å²) in [5.74, 6) is 4.11. The maximum Gasteiger partial charge on any atom is 0.164 e. The van der Waals surface area contributed by atoms with E-state index in [4.69, 9.17) is 29.7 Å². The van der Waals surface area contributed by atoms with Crippen molar-refractivity contribution in [3.8, 4) is 79.4 Å². The predicted octanol–water partition coefficient (Wildman–Crippen LogP) is 13.8. The summed E-state index contributed by atoms with van der Waals surface area (Å²) in [6.07, 6.45) is 0. The minimum atomic E-state index is -0.830. The monoisotopic (exact) mass is 823 g/mol. The summed E-state index contributed by atoms with van der Waals surface area (Å²) in [5, 5.41) is 1.12. The topological polar surface area (TPSA) is 73.7 Å². The van der Waals surface area contributed by atoms with Gasteiger partial charge >= 0.3 is 0 Å². The molecule has 4 heterocycles. The van der Waals surface area contributed by atoms with Gasteiger partial charge in [0.15, 0.2) is 23.3 Å². The Morgan fingerprint density at radius 2 is 0.873 bits per heavy atom. The van der Waals surface area contributed by atoms with Crippen LogP contribution >= 0.6 is 11.3 Å². The van der Waals surface area contributed by atoms with Gasteiger partial charge in [0, 0.05) is 49.0 Å². The van der Waals surface area contributed by atoms with Gasteiger partial charge in [0.2, 0.25) is 0 Å². The molecule has 0 fully saturated rings. The number of hydrogen-bond acceptors (Lipinski definition) is 7. The number of thiophene rings is 1. The Kier molecular flexibility index (Phi) is 7.89. The Hall–Kier alpha value is -8.13. The number of nitrogens with zero attached hydrogens (tertiary/aromatic N) is 5. The molecule has 3 aromatic heterocycles. The molecule has 0 atom stereocenters. The van der Waals surface area contributed by atoms with Crippen LogP contribution < -0.4 is 4.74 Å². The molecule has 0 radical (unpaired) electrons.